The third kappa shape index (κ3) is 1.79. The summed E-state index contributed by atoms with van der Waals surface area (Å²) in [4.78, 5) is 20.0. The molecule has 1 aromatic heterocycles. The second kappa shape index (κ2) is 4.20. The Kier molecular flexibility index (Phi) is 2.90. The van der Waals surface area contributed by atoms with Gasteiger partial charge >= 0.3 is 5.97 Å². The lowest BCUT2D eigenvalue weighted by atomic mass is 9.84. The Hall–Kier alpha value is -1.45. The molecule has 2 rings (SSSR count). The van der Waals surface area contributed by atoms with E-state index >= 15 is 0 Å². The Morgan fingerprint density at radius 1 is 1.50 bits per heavy atom. The van der Waals surface area contributed by atoms with Crippen LogP contribution in [0.2, 0.25) is 0 Å². The molecule has 0 amide bonds. The lowest BCUT2D eigenvalue weighted by Gasteiger charge is -2.23. The molecule has 0 fully saturated rings. The maximum absolute atomic E-state index is 11.2. The van der Waals surface area contributed by atoms with Crippen LogP contribution in [0.3, 0.4) is 0 Å². The lowest BCUT2D eigenvalue weighted by molar-refractivity contribution is -0.139. The zero-order chi connectivity index (χ0) is 11.7. The van der Waals surface area contributed by atoms with Crippen LogP contribution in [0, 0.1) is 6.92 Å². The van der Waals surface area contributed by atoms with E-state index in [9.17, 15) is 9.90 Å². The molecule has 1 N–H and O–H groups in total. The van der Waals surface area contributed by atoms with E-state index < -0.39 is 11.9 Å². The maximum Gasteiger partial charge on any atom is 0.311 e. The fourth-order valence-corrected chi connectivity index (χ4v) is 2.43. The van der Waals surface area contributed by atoms with Gasteiger partial charge in [-0.15, -0.1) is 0 Å². The van der Waals surface area contributed by atoms with E-state index in [1.165, 1.54) is 0 Å². The highest BCUT2D eigenvalue weighted by atomic mass is 16.4. The van der Waals surface area contributed by atoms with Crippen LogP contribution in [0.4, 0.5) is 0 Å². The lowest BCUT2D eigenvalue weighted by Crippen LogP contribution is -2.22. The minimum Gasteiger partial charge on any atom is -0.481 e. The number of nitrogens with zero attached hydrogens (tertiary/aromatic N) is 2. The molecule has 1 unspecified atom stereocenters. The fraction of sp³-hybridized carbons (Fsp3) is 0.583. The van der Waals surface area contributed by atoms with Crippen molar-refractivity contribution in [3.63, 3.8) is 0 Å². The summed E-state index contributed by atoms with van der Waals surface area (Å²) in [6.45, 7) is 3.87. The predicted molar refractivity (Wildman–Crippen MR) is 59.5 cm³/mol. The van der Waals surface area contributed by atoms with Crippen molar-refractivity contribution >= 4 is 5.97 Å². The summed E-state index contributed by atoms with van der Waals surface area (Å²) in [5.74, 6) is -0.399. The SMILES string of the molecule is CCc1nc(C)nc2c1C(C(=O)O)CCC2. The molecule has 0 aliphatic heterocycles. The molecular formula is C12H16N2O2. The van der Waals surface area contributed by atoms with Gasteiger partial charge in [0.25, 0.3) is 0 Å². The molecule has 4 nitrogen and oxygen atoms in total. The van der Waals surface area contributed by atoms with Crippen LogP contribution in [0.5, 0.6) is 0 Å². The Labute approximate surface area is 94.7 Å². The first-order chi connectivity index (χ1) is 7.63. The molecule has 0 bridgehead atoms. The van der Waals surface area contributed by atoms with Crippen LogP contribution in [0.25, 0.3) is 0 Å². The van der Waals surface area contributed by atoms with Crippen LogP contribution in [-0.2, 0) is 17.6 Å². The molecule has 1 aromatic rings. The third-order valence-electron chi connectivity index (χ3n) is 3.10. The van der Waals surface area contributed by atoms with Gasteiger partial charge in [0, 0.05) is 17.0 Å². The van der Waals surface area contributed by atoms with Gasteiger partial charge in [0.2, 0.25) is 0 Å². The van der Waals surface area contributed by atoms with Crippen LogP contribution in [0.15, 0.2) is 0 Å². The van der Waals surface area contributed by atoms with Crippen molar-refractivity contribution < 1.29 is 9.90 Å². The van der Waals surface area contributed by atoms with Crippen LogP contribution in [-0.4, -0.2) is 21.0 Å². The van der Waals surface area contributed by atoms with E-state index in [0.717, 1.165) is 42.0 Å². The molecule has 16 heavy (non-hydrogen) atoms. The van der Waals surface area contributed by atoms with Gasteiger partial charge in [-0.3, -0.25) is 4.79 Å². The molecule has 0 spiro atoms. The van der Waals surface area contributed by atoms with E-state index in [0.29, 0.717) is 6.42 Å². The molecular weight excluding hydrogens is 204 g/mol. The molecule has 0 saturated heterocycles. The molecule has 1 atom stereocenters. The molecule has 4 heteroatoms. The van der Waals surface area contributed by atoms with Gasteiger partial charge in [-0.25, -0.2) is 9.97 Å². The van der Waals surface area contributed by atoms with Crippen molar-refractivity contribution in [3.8, 4) is 0 Å². The first-order valence-corrected chi connectivity index (χ1v) is 5.72. The number of carboxylic acid groups (broad SMARTS) is 1. The molecule has 1 heterocycles. The zero-order valence-corrected chi connectivity index (χ0v) is 9.66. The average molecular weight is 220 g/mol. The Bertz CT molecular complexity index is 412. The first-order valence-electron chi connectivity index (χ1n) is 5.72. The number of aryl methyl sites for hydroxylation is 3. The number of fused-ring (bicyclic) bond motifs is 1. The van der Waals surface area contributed by atoms with E-state index in [4.69, 9.17) is 0 Å². The largest absolute Gasteiger partial charge is 0.481 e. The monoisotopic (exact) mass is 220 g/mol. The van der Waals surface area contributed by atoms with Crippen molar-refractivity contribution in [2.45, 2.75) is 45.4 Å². The Morgan fingerprint density at radius 3 is 2.88 bits per heavy atom. The predicted octanol–water partition coefficient (Wildman–Crippen LogP) is 1.85. The second-order valence-corrected chi connectivity index (χ2v) is 4.21. The Balaban J connectivity index is 2.57. The zero-order valence-electron chi connectivity index (χ0n) is 9.66. The minimum absolute atomic E-state index is 0.403. The van der Waals surface area contributed by atoms with Gasteiger partial charge in [0.15, 0.2) is 0 Å². The smallest absolute Gasteiger partial charge is 0.311 e. The van der Waals surface area contributed by atoms with Gasteiger partial charge in [0.1, 0.15) is 5.82 Å². The number of carbonyl (C=O) groups is 1. The van der Waals surface area contributed by atoms with Gasteiger partial charge in [-0.05, 0) is 32.6 Å². The standard InChI is InChI=1S/C12H16N2O2/c1-3-9-11-8(12(15)16)5-4-6-10(11)14-7(2)13-9/h8H,3-6H2,1-2H3,(H,15,16). The number of hydrogen-bond donors (Lipinski definition) is 1. The highest BCUT2D eigenvalue weighted by molar-refractivity contribution is 5.77. The fourth-order valence-electron chi connectivity index (χ4n) is 2.43. The summed E-state index contributed by atoms with van der Waals surface area (Å²) in [6.07, 6.45) is 3.27. The maximum atomic E-state index is 11.2. The first kappa shape index (κ1) is 11.0. The Morgan fingerprint density at radius 2 is 2.25 bits per heavy atom. The molecule has 1 aliphatic rings. The highest BCUT2D eigenvalue weighted by Crippen LogP contribution is 2.32. The van der Waals surface area contributed by atoms with Crippen molar-refractivity contribution in [3.05, 3.63) is 22.8 Å². The van der Waals surface area contributed by atoms with Gasteiger partial charge in [-0.1, -0.05) is 6.92 Å². The van der Waals surface area contributed by atoms with E-state index in [1.807, 2.05) is 13.8 Å². The molecule has 0 aromatic carbocycles. The summed E-state index contributed by atoms with van der Waals surface area (Å²) in [7, 11) is 0. The van der Waals surface area contributed by atoms with E-state index in [1.54, 1.807) is 0 Å². The quantitative estimate of drug-likeness (QED) is 0.826. The molecule has 1 aliphatic carbocycles. The molecule has 0 saturated carbocycles. The van der Waals surface area contributed by atoms with E-state index in [-0.39, 0.29) is 0 Å². The van der Waals surface area contributed by atoms with Crippen molar-refractivity contribution in [2.24, 2.45) is 0 Å². The topological polar surface area (TPSA) is 63.1 Å². The summed E-state index contributed by atoms with van der Waals surface area (Å²) < 4.78 is 0. The number of hydrogen-bond acceptors (Lipinski definition) is 3. The summed E-state index contributed by atoms with van der Waals surface area (Å²) >= 11 is 0. The number of aliphatic carboxylic acids is 1. The highest BCUT2D eigenvalue weighted by Gasteiger charge is 2.30. The summed E-state index contributed by atoms with van der Waals surface area (Å²) in [5, 5.41) is 9.22. The number of aromatic nitrogens is 2. The average Bonchev–Trinajstić information content (AvgIpc) is 2.26. The number of carboxylic acids is 1. The second-order valence-electron chi connectivity index (χ2n) is 4.21. The van der Waals surface area contributed by atoms with Crippen molar-refractivity contribution in [2.75, 3.05) is 0 Å². The molecule has 0 radical (unpaired) electrons. The van der Waals surface area contributed by atoms with Gasteiger partial charge < -0.3 is 5.11 Å². The van der Waals surface area contributed by atoms with Gasteiger partial charge in [-0.2, -0.15) is 0 Å². The number of rotatable bonds is 2. The molecule has 86 valence electrons. The third-order valence-corrected chi connectivity index (χ3v) is 3.10. The van der Waals surface area contributed by atoms with Crippen molar-refractivity contribution in [1.82, 2.24) is 9.97 Å². The van der Waals surface area contributed by atoms with Gasteiger partial charge in [0.05, 0.1) is 5.92 Å². The van der Waals surface area contributed by atoms with Crippen molar-refractivity contribution in [1.29, 1.82) is 0 Å². The minimum atomic E-state index is -0.747. The van der Waals surface area contributed by atoms with Crippen LogP contribution in [0.1, 0.15) is 48.5 Å². The van der Waals surface area contributed by atoms with E-state index in [2.05, 4.69) is 9.97 Å². The summed E-state index contributed by atoms with van der Waals surface area (Å²) in [6, 6.07) is 0. The summed E-state index contributed by atoms with van der Waals surface area (Å²) in [5.41, 5.74) is 2.74. The van der Waals surface area contributed by atoms with Crippen LogP contribution < -0.4 is 0 Å². The normalized spacial score (nSPS) is 19.2. The van der Waals surface area contributed by atoms with Crippen LogP contribution >= 0.6 is 0 Å².